The molecule has 1 amide bonds. The number of hydrogen-bond acceptors (Lipinski definition) is 7. The second-order valence-electron chi connectivity index (χ2n) is 7.79. The third-order valence-corrected chi connectivity index (χ3v) is 6.20. The number of aryl methyl sites for hydroxylation is 1. The lowest BCUT2D eigenvalue weighted by Gasteiger charge is -2.10. The highest BCUT2D eigenvalue weighted by atomic mass is 35.5. The van der Waals surface area contributed by atoms with Gasteiger partial charge >= 0.3 is 5.97 Å². The zero-order chi connectivity index (χ0) is 26.2. The monoisotopic (exact) mass is 535 g/mol. The predicted molar refractivity (Wildman–Crippen MR) is 143 cm³/mol. The minimum Gasteiger partial charge on any atom is -0.481 e. The Bertz CT molecular complexity index is 1420. The maximum Gasteiger partial charge on any atom is 0.341 e. The van der Waals surface area contributed by atoms with Gasteiger partial charge in [-0.25, -0.2) is 10.2 Å². The van der Waals surface area contributed by atoms with E-state index in [0.717, 1.165) is 16.8 Å². The lowest BCUT2D eigenvalue weighted by atomic mass is 10.1. The van der Waals surface area contributed by atoms with Crippen molar-refractivity contribution in [2.75, 3.05) is 12.4 Å². The average Bonchev–Trinajstić information content (AvgIpc) is 3.31. The summed E-state index contributed by atoms with van der Waals surface area (Å²) in [5.41, 5.74) is 5.82. The number of nitrogens with one attached hydrogen (secondary N) is 1. The lowest BCUT2D eigenvalue weighted by Crippen LogP contribution is -2.20. The Morgan fingerprint density at radius 3 is 2.54 bits per heavy atom. The molecule has 0 aliphatic heterocycles. The minimum absolute atomic E-state index is 0.0358. The Kier molecular flexibility index (Phi) is 8.55. The van der Waals surface area contributed by atoms with Crippen LogP contribution in [0.1, 0.15) is 11.1 Å². The predicted octanol–water partition coefficient (Wildman–Crippen LogP) is 4.60. The molecule has 188 valence electrons. The third kappa shape index (κ3) is 6.96. The number of halogens is 1. The number of nitrogens with zero attached hydrogens (tertiary/aromatic N) is 4. The van der Waals surface area contributed by atoms with E-state index in [0.29, 0.717) is 27.3 Å². The number of benzene rings is 3. The molecule has 0 aliphatic rings. The smallest absolute Gasteiger partial charge is 0.341 e. The zero-order valence-corrected chi connectivity index (χ0v) is 21.2. The molecule has 2 N–H and O–H groups in total. The number of carboxylic acid groups (broad SMARTS) is 1. The van der Waals surface area contributed by atoms with Crippen molar-refractivity contribution in [3.8, 4) is 22.8 Å². The molecule has 0 aliphatic carbocycles. The summed E-state index contributed by atoms with van der Waals surface area (Å²) < 4.78 is 7.11. The number of carboxylic acids is 1. The molecule has 11 heteroatoms. The molecule has 4 rings (SSSR count). The van der Waals surface area contributed by atoms with Crippen LogP contribution in [0, 0.1) is 6.92 Å². The molecule has 9 nitrogen and oxygen atoms in total. The molecule has 0 fully saturated rings. The normalized spacial score (nSPS) is 11.0. The summed E-state index contributed by atoms with van der Waals surface area (Å²) in [7, 11) is 0. The number of hydrazone groups is 1. The molecule has 0 spiro atoms. The number of rotatable bonds is 10. The summed E-state index contributed by atoms with van der Waals surface area (Å²) in [6.45, 7) is 1.53. The van der Waals surface area contributed by atoms with Crippen LogP contribution < -0.4 is 10.2 Å². The van der Waals surface area contributed by atoms with Crippen LogP contribution in [-0.4, -0.2) is 50.3 Å². The van der Waals surface area contributed by atoms with Crippen molar-refractivity contribution < 1.29 is 19.4 Å². The van der Waals surface area contributed by atoms with E-state index in [9.17, 15) is 9.59 Å². The molecule has 0 bridgehead atoms. The second-order valence-corrected chi connectivity index (χ2v) is 9.17. The Morgan fingerprint density at radius 2 is 1.81 bits per heavy atom. The van der Waals surface area contributed by atoms with Gasteiger partial charge < -0.3 is 9.84 Å². The standard InChI is InChI=1S/C26H22ClN5O4S/c1-17-6-8-18(9-7-17)25-30-31-26(32(25)21-12-10-20(27)11-13-21)37-16-23(33)29-28-14-19-4-2-3-5-22(19)36-15-24(34)35/h2-14H,15-16H2,1H3,(H,29,33)(H,34,35). The van der Waals surface area contributed by atoms with E-state index in [4.69, 9.17) is 21.4 Å². The van der Waals surface area contributed by atoms with Gasteiger partial charge in [-0.05, 0) is 43.3 Å². The van der Waals surface area contributed by atoms with E-state index in [1.165, 1.54) is 18.0 Å². The van der Waals surface area contributed by atoms with E-state index in [1.54, 1.807) is 36.4 Å². The molecule has 0 saturated carbocycles. The van der Waals surface area contributed by atoms with Crippen molar-refractivity contribution in [3.05, 3.63) is 88.9 Å². The first-order valence-electron chi connectivity index (χ1n) is 11.1. The summed E-state index contributed by atoms with van der Waals surface area (Å²) in [6, 6.07) is 22.0. The third-order valence-electron chi connectivity index (χ3n) is 5.02. The van der Waals surface area contributed by atoms with Crippen molar-refractivity contribution >= 4 is 41.5 Å². The number of aromatic nitrogens is 3. The average molecular weight is 536 g/mol. The SMILES string of the molecule is Cc1ccc(-c2nnc(SCC(=O)NN=Cc3ccccc3OCC(=O)O)n2-c2ccc(Cl)cc2)cc1. The fourth-order valence-electron chi connectivity index (χ4n) is 3.27. The highest BCUT2D eigenvalue weighted by Crippen LogP contribution is 2.28. The molecule has 0 atom stereocenters. The van der Waals surface area contributed by atoms with Gasteiger partial charge in [-0.15, -0.1) is 10.2 Å². The van der Waals surface area contributed by atoms with Crippen molar-refractivity contribution in [1.29, 1.82) is 0 Å². The Hall–Kier alpha value is -4.15. The van der Waals surface area contributed by atoms with Crippen LogP contribution in [0.5, 0.6) is 5.75 Å². The number of para-hydroxylation sites is 1. The molecule has 3 aromatic carbocycles. The van der Waals surface area contributed by atoms with E-state index < -0.39 is 12.6 Å². The van der Waals surface area contributed by atoms with Crippen LogP contribution in [0.25, 0.3) is 17.1 Å². The van der Waals surface area contributed by atoms with Gasteiger partial charge in [0.25, 0.3) is 5.91 Å². The number of thioether (sulfide) groups is 1. The van der Waals surface area contributed by atoms with Gasteiger partial charge in [0.15, 0.2) is 17.6 Å². The van der Waals surface area contributed by atoms with Crippen LogP contribution in [0.4, 0.5) is 0 Å². The number of hydrogen-bond donors (Lipinski definition) is 2. The summed E-state index contributed by atoms with van der Waals surface area (Å²) in [4.78, 5) is 23.2. The van der Waals surface area contributed by atoms with E-state index >= 15 is 0 Å². The van der Waals surface area contributed by atoms with Crippen LogP contribution in [0.3, 0.4) is 0 Å². The maximum absolute atomic E-state index is 12.5. The number of carbonyl (C=O) groups excluding carboxylic acids is 1. The molecule has 1 heterocycles. The fraction of sp³-hybridized carbons (Fsp3) is 0.115. The molecule has 0 unspecified atom stereocenters. The number of carbonyl (C=O) groups is 2. The molecule has 0 radical (unpaired) electrons. The summed E-state index contributed by atoms with van der Waals surface area (Å²) in [5, 5.41) is 22.6. The van der Waals surface area contributed by atoms with Crippen LogP contribution in [0.15, 0.2) is 83.1 Å². The van der Waals surface area contributed by atoms with Gasteiger partial charge in [0.05, 0.1) is 12.0 Å². The summed E-state index contributed by atoms with van der Waals surface area (Å²) in [6.07, 6.45) is 1.39. The zero-order valence-electron chi connectivity index (χ0n) is 19.7. The highest BCUT2D eigenvalue weighted by Gasteiger charge is 2.17. The lowest BCUT2D eigenvalue weighted by molar-refractivity contribution is -0.139. The van der Waals surface area contributed by atoms with Crippen LogP contribution in [0.2, 0.25) is 5.02 Å². The molecular formula is C26H22ClN5O4S. The number of ether oxygens (including phenoxy) is 1. The molecule has 37 heavy (non-hydrogen) atoms. The van der Waals surface area contributed by atoms with E-state index in [1.807, 2.05) is 47.9 Å². The van der Waals surface area contributed by atoms with Crippen molar-refractivity contribution in [2.24, 2.45) is 5.10 Å². The highest BCUT2D eigenvalue weighted by molar-refractivity contribution is 7.99. The fourth-order valence-corrected chi connectivity index (χ4v) is 4.14. The van der Waals surface area contributed by atoms with Crippen LogP contribution in [-0.2, 0) is 9.59 Å². The Morgan fingerprint density at radius 1 is 1.08 bits per heavy atom. The first kappa shape index (κ1) is 25.9. The summed E-state index contributed by atoms with van der Waals surface area (Å²) >= 11 is 7.29. The van der Waals surface area contributed by atoms with Crippen molar-refractivity contribution in [3.63, 3.8) is 0 Å². The first-order chi connectivity index (χ1) is 17.9. The molecule has 1 aromatic heterocycles. The Labute approximate surface area is 222 Å². The Balaban J connectivity index is 1.47. The maximum atomic E-state index is 12.5. The van der Waals surface area contributed by atoms with Gasteiger partial charge in [-0.3, -0.25) is 9.36 Å². The number of amides is 1. The number of aliphatic carboxylic acids is 1. The van der Waals surface area contributed by atoms with Crippen molar-refractivity contribution in [1.82, 2.24) is 20.2 Å². The molecule has 4 aromatic rings. The van der Waals surface area contributed by atoms with Gasteiger partial charge in [-0.2, -0.15) is 5.10 Å². The quantitative estimate of drug-likeness (QED) is 0.173. The minimum atomic E-state index is -1.09. The topological polar surface area (TPSA) is 119 Å². The summed E-state index contributed by atoms with van der Waals surface area (Å²) in [5.74, 6) is -0.423. The second kappa shape index (κ2) is 12.2. The van der Waals surface area contributed by atoms with Gasteiger partial charge in [0, 0.05) is 21.8 Å². The van der Waals surface area contributed by atoms with Gasteiger partial charge in [0.2, 0.25) is 0 Å². The first-order valence-corrected chi connectivity index (χ1v) is 12.4. The van der Waals surface area contributed by atoms with Gasteiger partial charge in [0.1, 0.15) is 5.75 Å². The van der Waals surface area contributed by atoms with E-state index in [2.05, 4.69) is 20.7 Å². The largest absolute Gasteiger partial charge is 0.481 e. The van der Waals surface area contributed by atoms with Crippen molar-refractivity contribution in [2.45, 2.75) is 12.1 Å². The molecular weight excluding hydrogens is 514 g/mol. The molecule has 0 saturated heterocycles. The van der Waals surface area contributed by atoms with E-state index in [-0.39, 0.29) is 11.7 Å². The van der Waals surface area contributed by atoms with Gasteiger partial charge in [-0.1, -0.05) is 65.3 Å². The van der Waals surface area contributed by atoms with Crippen LogP contribution >= 0.6 is 23.4 Å².